The summed E-state index contributed by atoms with van der Waals surface area (Å²) in [6.45, 7) is 0.153. The number of rotatable bonds is 8. The van der Waals surface area contributed by atoms with Crippen molar-refractivity contribution in [3.63, 3.8) is 0 Å². The van der Waals surface area contributed by atoms with Crippen LogP contribution in [0.5, 0.6) is 5.75 Å². The van der Waals surface area contributed by atoms with Crippen LogP contribution in [0.1, 0.15) is 15.9 Å². The Morgan fingerprint density at radius 2 is 1.88 bits per heavy atom. The fraction of sp³-hybridized carbons (Fsp3) is 0.0952. The molecule has 0 bridgehead atoms. The van der Waals surface area contributed by atoms with Crippen molar-refractivity contribution in [2.24, 2.45) is 0 Å². The van der Waals surface area contributed by atoms with Crippen molar-refractivity contribution in [1.82, 2.24) is 15.6 Å². The maximum absolute atomic E-state index is 12.9. The Labute approximate surface area is 192 Å². The van der Waals surface area contributed by atoms with Gasteiger partial charge in [-0.25, -0.2) is 4.63 Å². The van der Waals surface area contributed by atoms with Gasteiger partial charge in [-0.05, 0) is 40.1 Å². The number of hydrogen-bond donors (Lipinski definition) is 4. The highest BCUT2D eigenvalue weighted by atomic mass is 16.6. The van der Waals surface area contributed by atoms with Gasteiger partial charge in [0.1, 0.15) is 5.75 Å². The molecule has 0 saturated heterocycles. The highest BCUT2D eigenvalue weighted by Gasteiger charge is 2.21. The second-order valence-corrected chi connectivity index (χ2v) is 7.15. The Bertz CT molecular complexity index is 1370. The summed E-state index contributed by atoms with van der Waals surface area (Å²) in [5.74, 6) is -0.100. The predicted molar refractivity (Wildman–Crippen MR) is 122 cm³/mol. The molecular formula is C21H18BN5O7. The lowest BCUT2D eigenvalue weighted by atomic mass is 9.79. The van der Waals surface area contributed by atoms with Gasteiger partial charge >= 0.3 is 12.8 Å². The zero-order valence-corrected chi connectivity index (χ0v) is 17.8. The predicted octanol–water partition coefficient (Wildman–Crippen LogP) is 1.49. The van der Waals surface area contributed by atoms with Crippen molar-refractivity contribution in [2.75, 3.05) is 12.4 Å². The third-order valence-corrected chi connectivity index (χ3v) is 5.06. The van der Waals surface area contributed by atoms with Crippen LogP contribution in [0.3, 0.4) is 0 Å². The number of carbonyl (C=O) groups excluding carboxylic acids is 1. The number of nitro groups is 1. The normalized spacial score (nSPS) is 10.7. The van der Waals surface area contributed by atoms with E-state index in [0.29, 0.717) is 22.5 Å². The summed E-state index contributed by atoms with van der Waals surface area (Å²) in [7, 11) is -0.271. The Balaban J connectivity index is 1.55. The molecule has 0 fully saturated rings. The van der Waals surface area contributed by atoms with Crippen molar-refractivity contribution in [3.05, 3.63) is 75.8 Å². The highest BCUT2D eigenvalue weighted by molar-refractivity contribution is 6.59. The summed E-state index contributed by atoms with van der Waals surface area (Å²) >= 11 is 0. The van der Waals surface area contributed by atoms with Gasteiger partial charge in [0.2, 0.25) is 5.52 Å². The van der Waals surface area contributed by atoms with Gasteiger partial charge < -0.3 is 25.4 Å². The lowest BCUT2D eigenvalue weighted by Gasteiger charge is -2.13. The Morgan fingerprint density at radius 3 is 2.62 bits per heavy atom. The van der Waals surface area contributed by atoms with Gasteiger partial charge in [-0.2, -0.15) is 0 Å². The van der Waals surface area contributed by atoms with Gasteiger partial charge in [0.05, 0.1) is 29.0 Å². The van der Waals surface area contributed by atoms with E-state index in [1.54, 1.807) is 36.4 Å². The molecule has 172 valence electrons. The maximum Gasteiger partial charge on any atom is 0.492 e. The van der Waals surface area contributed by atoms with Crippen LogP contribution in [0.4, 0.5) is 17.1 Å². The standard InChI is InChI=1S/C21H18BN5O7/c1-33-18-10-12(6-7-14(18)22(29)30)11-23-21(28)13-4-2-3-5-15(13)24-16-8-9-17(27(31)32)20-19(16)25-34-26-20/h2-10,24,29-30H,11H2,1H3,(H,23,28). The van der Waals surface area contributed by atoms with Crippen LogP contribution in [-0.4, -0.2) is 45.4 Å². The molecule has 0 aliphatic rings. The van der Waals surface area contributed by atoms with E-state index in [0.717, 1.165) is 0 Å². The van der Waals surface area contributed by atoms with E-state index < -0.39 is 12.0 Å². The molecule has 34 heavy (non-hydrogen) atoms. The minimum Gasteiger partial charge on any atom is -0.497 e. The van der Waals surface area contributed by atoms with Crippen molar-refractivity contribution in [2.45, 2.75) is 6.54 Å². The van der Waals surface area contributed by atoms with E-state index in [4.69, 9.17) is 4.74 Å². The van der Waals surface area contributed by atoms with Crippen LogP contribution in [-0.2, 0) is 6.54 Å². The molecule has 0 unspecified atom stereocenters. The Kier molecular flexibility index (Phi) is 6.38. The molecule has 0 atom stereocenters. The van der Waals surface area contributed by atoms with Gasteiger partial charge in [0.15, 0.2) is 5.52 Å². The molecule has 13 heteroatoms. The van der Waals surface area contributed by atoms with Crippen LogP contribution in [0.15, 0.2) is 59.2 Å². The number of ether oxygens (including phenoxy) is 1. The average molecular weight is 463 g/mol. The van der Waals surface area contributed by atoms with Crippen LogP contribution < -0.4 is 20.8 Å². The van der Waals surface area contributed by atoms with E-state index in [2.05, 4.69) is 25.6 Å². The van der Waals surface area contributed by atoms with Gasteiger partial charge in [-0.15, -0.1) is 0 Å². The molecule has 0 spiro atoms. The first-order chi connectivity index (χ1) is 16.4. The number of hydrogen-bond acceptors (Lipinski definition) is 10. The van der Waals surface area contributed by atoms with Gasteiger partial charge in [0, 0.05) is 18.1 Å². The SMILES string of the molecule is COc1cc(CNC(=O)c2ccccc2Nc2ccc([N+](=O)[O-])c3nonc23)ccc1B(O)O. The van der Waals surface area contributed by atoms with Crippen LogP contribution >= 0.6 is 0 Å². The fourth-order valence-electron chi connectivity index (χ4n) is 3.39. The highest BCUT2D eigenvalue weighted by Crippen LogP contribution is 2.31. The average Bonchev–Trinajstić information content (AvgIpc) is 3.33. The number of nitrogens with zero attached hydrogens (tertiary/aromatic N) is 3. The number of aromatic nitrogens is 2. The monoisotopic (exact) mass is 463 g/mol. The number of benzene rings is 3. The lowest BCUT2D eigenvalue weighted by Crippen LogP contribution is -2.31. The lowest BCUT2D eigenvalue weighted by molar-refractivity contribution is -0.383. The van der Waals surface area contributed by atoms with Crippen molar-refractivity contribution >= 4 is 46.6 Å². The van der Waals surface area contributed by atoms with Crippen LogP contribution in [0, 0.1) is 10.1 Å². The molecule has 1 heterocycles. The number of nitrogens with one attached hydrogen (secondary N) is 2. The number of carbonyl (C=O) groups is 1. The van der Waals surface area contributed by atoms with E-state index in [1.165, 1.54) is 25.3 Å². The minimum absolute atomic E-state index is 0.0117. The van der Waals surface area contributed by atoms with Crippen molar-refractivity contribution in [3.8, 4) is 5.75 Å². The third kappa shape index (κ3) is 4.51. The molecule has 0 saturated carbocycles. The van der Waals surface area contributed by atoms with E-state index in [-0.39, 0.29) is 40.4 Å². The Hall–Kier alpha value is -4.49. The largest absolute Gasteiger partial charge is 0.497 e. The third-order valence-electron chi connectivity index (χ3n) is 5.06. The first kappa shape index (κ1) is 22.7. The number of fused-ring (bicyclic) bond motifs is 1. The summed E-state index contributed by atoms with van der Waals surface area (Å²) in [6, 6.07) is 14.2. The number of non-ortho nitro benzene ring substituents is 1. The summed E-state index contributed by atoms with van der Waals surface area (Å²) in [5, 5.41) is 43.2. The number of anilines is 2. The molecular weight excluding hydrogens is 445 g/mol. The zero-order chi connectivity index (χ0) is 24.2. The fourth-order valence-corrected chi connectivity index (χ4v) is 3.39. The topological polar surface area (TPSA) is 173 Å². The van der Waals surface area contributed by atoms with Crippen LogP contribution in [0.25, 0.3) is 11.0 Å². The first-order valence-corrected chi connectivity index (χ1v) is 9.96. The molecule has 4 aromatic rings. The van der Waals surface area contributed by atoms with Gasteiger partial charge in [0.25, 0.3) is 5.91 Å². The van der Waals surface area contributed by atoms with Crippen molar-refractivity contribution in [1.29, 1.82) is 0 Å². The minimum atomic E-state index is -1.68. The smallest absolute Gasteiger partial charge is 0.492 e. The van der Waals surface area contributed by atoms with E-state index in [1.807, 2.05) is 0 Å². The Morgan fingerprint density at radius 1 is 1.12 bits per heavy atom. The van der Waals surface area contributed by atoms with E-state index in [9.17, 15) is 25.0 Å². The van der Waals surface area contributed by atoms with Crippen molar-refractivity contribution < 1.29 is 29.1 Å². The summed E-state index contributed by atoms with van der Waals surface area (Å²) in [5.41, 5.74) is 1.93. The molecule has 0 radical (unpaired) electrons. The van der Waals surface area contributed by atoms with Gasteiger partial charge in [-0.3, -0.25) is 14.9 Å². The van der Waals surface area contributed by atoms with Crippen LogP contribution in [0.2, 0.25) is 0 Å². The second-order valence-electron chi connectivity index (χ2n) is 7.15. The molecule has 12 nitrogen and oxygen atoms in total. The second kappa shape index (κ2) is 9.56. The molecule has 4 rings (SSSR count). The maximum atomic E-state index is 12.9. The summed E-state index contributed by atoms with van der Waals surface area (Å²) in [6.07, 6.45) is 0. The number of methoxy groups -OCH3 is 1. The molecule has 4 N–H and O–H groups in total. The first-order valence-electron chi connectivity index (χ1n) is 9.96. The quantitative estimate of drug-likeness (QED) is 0.170. The molecule has 1 amide bonds. The number of para-hydroxylation sites is 1. The molecule has 3 aromatic carbocycles. The van der Waals surface area contributed by atoms with Gasteiger partial charge in [-0.1, -0.05) is 24.3 Å². The number of amides is 1. The number of nitro benzene ring substituents is 1. The summed E-state index contributed by atoms with van der Waals surface area (Å²) < 4.78 is 9.85. The zero-order valence-electron chi connectivity index (χ0n) is 17.8. The summed E-state index contributed by atoms with van der Waals surface area (Å²) in [4.78, 5) is 23.5. The molecule has 1 aromatic heterocycles. The van der Waals surface area contributed by atoms with E-state index >= 15 is 0 Å². The molecule has 0 aliphatic heterocycles. The molecule has 0 aliphatic carbocycles.